The van der Waals surface area contributed by atoms with Crippen LogP contribution in [0, 0.1) is 0 Å². The van der Waals surface area contributed by atoms with E-state index in [1.807, 2.05) is 6.07 Å². The van der Waals surface area contributed by atoms with Gasteiger partial charge in [-0.25, -0.2) is 4.57 Å². The van der Waals surface area contributed by atoms with E-state index in [0.29, 0.717) is 35.6 Å². The van der Waals surface area contributed by atoms with Crippen molar-refractivity contribution in [1.29, 1.82) is 0 Å². The van der Waals surface area contributed by atoms with Crippen LogP contribution in [0.15, 0.2) is 47.9 Å². The fourth-order valence-corrected chi connectivity index (χ4v) is 3.75. The highest BCUT2D eigenvalue weighted by molar-refractivity contribution is 6.00. The first-order chi connectivity index (χ1) is 14.6. The molecule has 1 amide bonds. The lowest BCUT2D eigenvalue weighted by atomic mass is 10.1. The van der Waals surface area contributed by atoms with Crippen LogP contribution in [0.3, 0.4) is 0 Å². The van der Waals surface area contributed by atoms with Crippen molar-refractivity contribution < 1.29 is 19.0 Å². The van der Waals surface area contributed by atoms with Crippen LogP contribution in [0.2, 0.25) is 0 Å². The Morgan fingerprint density at radius 3 is 2.97 bits per heavy atom. The van der Waals surface area contributed by atoms with E-state index in [4.69, 9.17) is 10.5 Å². The Bertz CT molecular complexity index is 1170. The monoisotopic (exact) mass is 410 g/mol. The maximum atomic E-state index is 13.1. The van der Waals surface area contributed by atoms with Gasteiger partial charge in [0.2, 0.25) is 11.5 Å². The number of morpholine rings is 1. The van der Waals surface area contributed by atoms with Crippen LogP contribution in [0.5, 0.6) is 0 Å². The Hall–Kier alpha value is -3.30. The van der Waals surface area contributed by atoms with Crippen molar-refractivity contribution in [3.05, 3.63) is 59.0 Å². The molecule has 4 N–H and O–H groups in total. The Morgan fingerprint density at radius 1 is 1.40 bits per heavy atom. The van der Waals surface area contributed by atoms with Gasteiger partial charge in [-0.15, -0.1) is 6.58 Å². The van der Waals surface area contributed by atoms with Crippen LogP contribution in [0.4, 0.5) is 5.82 Å². The van der Waals surface area contributed by atoms with Crippen LogP contribution in [-0.4, -0.2) is 54.7 Å². The number of amides is 1. The first kappa shape index (κ1) is 20.0. The molecule has 9 nitrogen and oxygen atoms in total. The van der Waals surface area contributed by atoms with Gasteiger partial charge in [-0.1, -0.05) is 17.1 Å². The molecule has 3 aromatic heterocycles. The second kappa shape index (κ2) is 8.60. The molecule has 9 heteroatoms. The van der Waals surface area contributed by atoms with Crippen molar-refractivity contribution >= 4 is 28.4 Å². The Labute approximate surface area is 173 Å². The highest BCUT2D eigenvalue weighted by atomic mass is 16.5. The molecule has 4 heterocycles. The number of carbonyl (C=O) groups excluding carboxylic acids is 1. The van der Waals surface area contributed by atoms with Gasteiger partial charge in [0.15, 0.2) is 0 Å². The van der Waals surface area contributed by atoms with Crippen LogP contribution in [0.1, 0.15) is 10.4 Å². The smallest absolute Gasteiger partial charge is 0.278 e. The predicted molar refractivity (Wildman–Crippen MR) is 112 cm³/mol. The van der Waals surface area contributed by atoms with E-state index in [1.165, 1.54) is 15.4 Å². The first-order valence-electron chi connectivity index (χ1n) is 10.0. The van der Waals surface area contributed by atoms with E-state index in [2.05, 4.69) is 16.9 Å². The molecular formula is C21H26N6O3+2. The number of ether oxygens (including phenoxy) is 1. The van der Waals surface area contributed by atoms with E-state index in [9.17, 15) is 9.59 Å². The van der Waals surface area contributed by atoms with E-state index in [-0.39, 0.29) is 17.0 Å². The lowest BCUT2D eigenvalue weighted by Gasteiger charge is -2.23. The zero-order valence-corrected chi connectivity index (χ0v) is 16.8. The lowest BCUT2D eigenvalue weighted by molar-refractivity contribution is -0.923. The molecule has 30 heavy (non-hydrogen) atoms. The van der Waals surface area contributed by atoms with Crippen LogP contribution >= 0.6 is 0 Å². The number of nitrogens with one attached hydrogen (secondary N) is 2. The van der Waals surface area contributed by atoms with Crippen LogP contribution in [-0.2, 0) is 11.3 Å². The third-order valence-electron chi connectivity index (χ3n) is 5.40. The number of pyridine rings is 2. The van der Waals surface area contributed by atoms with E-state index >= 15 is 0 Å². The number of nitrogens with zero attached hydrogens (tertiary/aromatic N) is 3. The second-order valence-corrected chi connectivity index (χ2v) is 7.29. The number of nitrogen functional groups attached to an aromatic ring is 1. The summed E-state index contributed by atoms with van der Waals surface area (Å²) in [4.78, 5) is 31.9. The number of aromatic nitrogens is 3. The number of hydrogen-bond donors (Lipinski definition) is 3. The fraction of sp³-hybridized carbons (Fsp3) is 0.333. The predicted octanol–water partition coefficient (Wildman–Crippen LogP) is -1.45. The maximum Gasteiger partial charge on any atom is 0.278 e. The SMILES string of the molecule is C=CCNC(=O)c1cc2c(=O)n3ccccc3nc2[n+](CC[NH+]2CCOCC2)c1N. The molecule has 0 saturated carbocycles. The van der Waals surface area contributed by atoms with Gasteiger partial charge < -0.3 is 20.7 Å². The summed E-state index contributed by atoms with van der Waals surface area (Å²) in [7, 11) is 0. The van der Waals surface area contributed by atoms with Crippen molar-refractivity contribution in [2.24, 2.45) is 0 Å². The summed E-state index contributed by atoms with van der Waals surface area (Å²) in [6.45, 7) is 8.54. The minimum absolute atomic E-state index is 0.235. The van der Waals surface area contributed by atoms with Gasteiger partial charge in [0.25, 0.3) is 17.1 Å². The molecule has 3 aromatic rings. The number of carbonyl (C=O) groups is 1. The molecule has 0 aliphatic carbocycles. The second-order valence-electron chi connectivity index (χ2n) is 7.29. The molecule has 0 radical (unpaired) electrons. The normalized spacial score (nSPS) is 14.8. The Kier molecular flexibility index (Phi) is 5.73. The van der Waals surface area contributed by atoms with Gasteiger partial charge in [0, 0.05) is 12.7 Å². The summed E-state index contributed by atoms with van der Waals surface area (Å²) in [6.07, 6.45) is 3.26. The minimum Gasteiger partial charge on any atom is -0.370 e. The van der Waals surface area contributed by atoms with Gasteiger partial charge in [0.1, 0.15) is 37.1 Å². The van der Waals surface area contributed by atoms with Crippen molar-refractivity contribution in [2.75, 3.05) is 45.1 Å². The Balaban J connectivity index is 1.86. The number of rotatable bonds is 6. The molecular weight excluding hydrogens is 384 g/mol. The van der Waals surface area contributed by atoms with Gasteiger partial charge in [-0.2, -0.15) is 0 Å². The number of fused-ring (bicyclic) bond motifs is 2. The highest BCUT2D eigenvalue weighted by Crippen LogP contribution is 2.14. The molecule has 0 bridgehead atoms. The molecule has 4 rings (SSSR count). The summed E-state index contributed by atoms with van der Waals surface area (Å²) in [5.74, 6) is -0.0526. The molecule has 1 fully saturated rings. The molecule has 0 aromatic carbocycles. The van der Waals surface area contributed by atoms with E-state index in [0.717, 1.165) is 32.8 Å². The van der Waals surface area contributed by atoms with Crippen molar-refractivity contribution in [1.82, 2.24) is 14.7 Å². The Morgan fingerprint density at radius 2 is 2.20 bits per heavy atom. The lowest BCUT2D eigenvalue weighted by Crippen LogP contribution is -3.14. The fourth-order valence-electron chi connectivity index (χ4n) is 3.75. The third-order valence-corrected chi connectivity index (χ3v) is 5.40. The summed E-state index contributed by atoms with van der Waals surface area (Å²) < 4.78 is 8.69. The third kappa shape index (κ3) is 3.77. The van der Waals surface area contributed by atoms with Crippen molar-refractivity contribution in [3.63, 3.8) is 0 Å². The maximum absolute atomic E-state index is 13.1. The summed E-state index contributed by atoms with van der Waals surface area (Å²) in [5, 5.41) is 3.10. The van der Waals surface area contributed by atoms with Gasteiger partial charge in [-0.05, 0) is 18.2 Å². The summed E-state index contributed by atoms with van der Waals surface area (Å²) in [6, 6.07) is 6.91. The zero-order chi connectivity index (χ0) is 21.1. The topological polar surface area (TPSA) is 107 Å². The zero-order valence-electron chi connectivity index (χ0n) is 16.8. The van der Waals surface area contributed by atoms with Crippen molar-refractivity contribution in [2.45, 2.75) is 6.54 Å². The number of hydrogen-bond acceptors (Lipinski definition) is 5. The molecule has 0 unspecified atom stereocenters. The average molecular weight is 410 g/mol. The first-order valence-corrected chi connectivity index (χ1v) is 10.0. The molecule has 156 valence electrons. The van der Waals surface area contributed by atoms with Gasteiger partial charge >= 0.3 is 0 Å². The number of nitrogens with two attached hydrogens (primary N) is 1. The highest BCUT2D eigenvalue weighted by Gasteiger charge is 2.25. The van der Waals surface area contributed by atoms with Gasteiger partial charge in [-0.3, -0.25) is 14.0 Å². The number of anilines is 1. The van der Waals surface area contributed by atoms with Crippen LogP contribution < -0.4 is 26.1 Å². The largest absolute Gasteiger partial charge is 0.370 e. The standard InChI is InChI=1S/C21H24N6O3/c1-2-6-23-20(28)15-14-16-19(24-17-5-3-4-7-26(17)21(16)29)27(18(15)22)9-8-25-10-12-30-13-11-25/h2-5,7,14,22H,1,6,8-13H2,(H,23,28)/p+2. The van der Waals surface area contributed by atoms with E-state index < -0.39 is 0 Å². The summed E-state index contributed by atoms with van der Waals surface area (Å²) >= 11 is 0. The van der Waals surface area contributed by atoms with Crippen LogP contribution in [0.25, 0.3) is 16.7 Å². The molecule has 0 atom stereocenters. The molecule has 1 saturated heterocycles. The quantitative estimate of drug-likeness (QED) is 0.262. The summed E-state index contributed by atoms with van der Waals surface area (Å²) in [5.41, 5.74) is 7.47. The van der Waals surface area contributed by atoms with Crippen molar-refractivity contribution in [3.8, 4) is 0 Å². The number of quaternary nitrogens is 1. The molecule has 1 aliphatic heterocycles. The van der Waals surface area contributed by atoms with E-state index in [1.54, 1.807) is 29.0 Å². The average Bonchev–Trinajstić information content (AvgIpc) is 2.77. The molecule has 0 spiro atoms. The minimum atomic E-state index is -0.348. The molecule has 1 aliphatic rings. The van der Waals surface area contributed by atoms with Gasteiger partial charge in [0.05, 0.1) is 13.2 Å².